The third-order valence-electron chi connectivity index (χ3n) is 3.86. The number of nitriles is 1. The molecule has 2 aliphatic rings. The second-order valence-corrected chi connectivity index (χ2v) is 4.90. The Labute approximate surface area is 101 Å². The zero-order valence-corrected chi connectivity index (χ0v) is 9.58. The van der Waals surface area contributed by atoms with Crippen molar-refractivity contribution in [2.45, 2.75) is 43.9 Å². The summed E-state index contributed by atoms with van der Waals surface area (Å²) in [6, 6.07) is 6.52. The molecule has 2 bridgehead atoms. The van der Waals surface area contributed by atoms with Gasteiger partial charge >= 0.3 is 0 Å². The number of nitrogens with zero attached hydrogens (tertiary/aromatic N) is 3. The summed E-state index contributed by atoms with van der Waals surface area (Å²) in [7, 11) is 0. The van der Waals surface area contributed by atoms with Crippen LogP contribution in [0.25, 0.3) is 0 Å². The topological polar surface area (TPSA) is 60.2 Å². The summed E-state index contributed by atoms with van der Waals surface area (Å²) in [4.78, 5) is 6.62. The first-order valence-electron chi connectivity index (χ1n) is 6.11. The van der Waals surface area contributed by atoms with Crippen molar-refractivity contribution in [3.05, 3.63) is 23.9 Å². The molecule has 3 heterocycles. The quantitative estimate of drug-likeness (QED) is 0.791. The Morgan fingerprint density at radius 2 is 2.06 bits per heavy atom. The summed E-state index contributed by atoms with van der Waals surface area (Å²) in [5.74, 6) is 0.800. The van der Waals surface area contributed by atoms with Gasteiger partial charge in [0.05, 0.1) is 11.7 Å². The van der Waals surface area contributed by atoms with Crippen LogP contribution in [0, 0.1) is 11.3 Å². The monoisotopic (exact) mass is 229 g/mol. The fourth-order valence-electron chi connectivity index (χ4n) is 3.18. The molecule has 17 heavy (non-hydrogen) atoms. The van der Waals surface area contributed by atoms with Gasteiger partial charge in [0.1, 0.15) is 11.9 Å². The molecule has 2 atom stereocenters. The van der Waals surface area contributed by atoms with E-state index in [2.05, 4.69) is 16.0 Å². The number of hydrogen-bond donors (Lipinski definition) is 1. The lowest BCUT2D eigenvalue weighted by Gasteiger charge is -2.38. The Hall–Kier alpha value is -1.60. The number of anilines is 1. The predicted octanol–water partition coefficient (Wildman–Crippen LogP) is 1.45. The number of hydrogen-bond acceptors (Lipinski definition) is 4. The molecule has 0 amide bonds. The first-order valence-corrected chi connectivity index (χ1v) is 6.11. The zero-order chi connectivity index (χ0) is 11.8. The largest absolute Gasteiger partial charge is 0.393 e. The number of pyridine rings is 1. The molecule has 0 aliphatic carbocycles. The maximum absolute atomic E-state index is 9.77. The minimum atomic E-state index is -0.182. The van der Waals surface area contributed by atoms with E-state index in [1.165, 1.54) is 0 Å². The van der Waals surface area contributed by atoms with Gasteiger partial charge in [0.15, 0.2) is 0 Å². The average molecular weight is 229 g/mol. The third-order valence-corrected chi connectivity index (χ3v) is 3.86. The molecule has 0 spiro atoms. The number of aromatic nitrogens is 1. The second kappa shape index (κ2) is 4.01. The SMILES string of the molecule is N#Cc1cccnc1N1C2CCC1CC(O)C2. The number of aliphatic hydroxyl groups is 1. The maximum Gasteiger partial charge on any atom is 0.146 e. The molecule has 88 valence electrons. The fourth-order valence-corrected chi connectivity index (χ4v) is 3.18. The fraction of sp³-hybridized carbons (Fsp3) is 0.538. The van der Waals surface area contributed by atoms with E-state index in [9.17, 15) is 5.11 Å². The molecule has 4 nitrogen and oxygen atoms in total. The molecule has 1 N–H and O–H groups in total. The predicted molar refractivity (Wildman–Crippen MR) is 63.5 cm³/mol. The Balaban J connectivity index is 1.98. The Kier molecular flexibility index (Phi) is 2.49. The maximum atomic E-state index is 9.77. The smallest absolute Gasteiger partial charge is 0.146 e. The van der Waals surface area contributed by atoms with E-state index in [0.29, 0.717) is 17.6 Å². The summed E-state index contributed by atoms with van der Waals surface area (Å²) in [6.07, 6.45) is 5.36. The molecule has 2 fully saturated rings. The molecule has 2 unspecified atom stereocenters. The Morgan fingerprint density at radius 3 is 2.71 bits per heavy atom. The van der Waals surface area contributed by atoms with Crippen LogP contribution in [0.1, 0.15) is 31.2 Å². The van der Waals surface area contributed by atoms with E-state index in [-0.39, 0.29) is 6.10 Å². The van der Waals surface area contributed by atoms with Crippen molar-refractivity contribution >= 4 is 5.82 Å². The lowest BCUT2D eigenvalue weighted by atomic mass is 9.99. The van der Waals surface area contributed by atoms with Gasteiger partial charge < -0.3 is 10.0 Å². The van der Waals surface area contributed by atoms with E-state index < -0.39 is 0 Å². The molecule has 2 aliphatic heterocycles. The zero-order valence-electron chi connectivity index (χ0n) is 9.58. The van der Waals surface area contributed by atoms with Crippen molar-refractivity contribution in [2.24, 2.45) is 0 Å². The van der Waals surface area contributed by atoms with Crippen LogP contribution in [-0.4, -0.2) is 28.3 Å². The van der Waals surface area contributed by atoms with E-state index in [0.717, 1.165) is 31.5 Å². The molecule has 0 radical (unpaired) electrons. The standard InChI is InChI=1S/C13H15N3O/c14-8-9-2-1-5-15-13(9)16-10-3-4-11(16)7-12(17)6-10/h1-2,5,10-12,17H,3-4,6-7H2. The van der Waals surface area contributed by atoms with Gasteiger partial charge in [-0.2, -0.15) is 5.26 Å². The molecule has 0 saturated carbocycles. The first kappa shape index (κ1) is 10.5. The lowest BCUT2D eigenvalue weighted by Crippen LogP contribution is -2.45. The highest BCUT2D eigenvalue weighted by atomic mass is 16.3. The Bertz CT molecular complexity index is 454. The van der Waals surface area contributed by atoms with Gasteiger partial charge in [0.25, 0.3) is 0 Å². The van der Waals surface area contributed by atoms with E-state index in [4.69, 9.17) is 5.26 Å². The number of fused-ring (bicyclic) bond motifs is 2. The molecular formula is C13H15N3O. The third kappa shape index (κ3) is 1.67. The van der Waals surface area contributed by atoms with Gasteiger partial charge in [-0.25, -0.2) is 4.98 Å². The van der Waals surface area contributed by atoms with Crippen molar-refractivity contribution in [3.8, 4) is 6.07 Å². The van der Waals surface area contributed by atoms with Gasteiger partial charge in [-0.05, 0) is 37.8 Å². The normalized spacial score (nSPS) is 31.3. The van der Waals surface area contributed by atoms with E-state index in [1.807, 2.05) is 6.07 Å². The summed E-state index contributed by atoms with van der Waals surface area (Å²) < 4.78 is 0. The van der Waals surface area contributed by atoms with Gasteiger partial charge in [-0.3, -0.25) is 0 Å². The van der Waals surface area contributed by atoms with E-state index in [1.54, 1.807) is 12.3 Å². The highest BCUT2D eigenvalue weighted by Gasteiger charge is 2.41. The summed E-state index contributed by atoms with van der Waals surface area (Å²) in [5.41, 5.74) is 0.640. The van der Waals surface area contributed by atoms with Crippen LogP contribution in [-0.2, 0) is 0 Å². The average Bonchev–Trinajstić information content (AvgIpc) is 2.61. The number of rotatable bonds is 1. The van der Waals surface area contributed by atoms with Crippen LogP contribution >= 0.6 is 0 Å². The van der Waals surface area contributed by atoms with Crippen molar-refractivity contribution in [1.29, 1.82) is 5.26 Å². The van der Waals surface area contributed by atoms with Gasteiger partial charge in [0, 0.05) is 18.3 Å². The van der Waals surface area contributed by atoms with Crippen LogP contribution in [0.15, 0.2) is 18.3 Å². The van der Waals surface area contributed by atoms with Crippen molar-refractivity contribution in [1.82, 2.24) is 4.98 Å². The molecule has 1 aromatic rings. The highest BCUT2D eigenvalue weighted by molar-refractivity contribution is 5.56. The van der Waals surface area contributed by atoms with Crippen LogP contribution < -0.4 is 4.90 Å². The first-order chi connectivity index (χ1) is 8.29. The minimum Gasteiger partial charge on any atom is -0.393 e. The summed E-state index contributed by atoms with van der Waals surface area (Å²) in [5, 5.41) is 18.9. The number of aliphatic hydroxyl groups excluding tert-OH is 1. The molecule has 2 saturated heterocycles. The van der Waals surface area contributed by atoms with Crippen molar-refractivity contribution < 1.29 is 5.11 Å². The van der Waals surface area contributed by atoms with E-state index >= 15 is 0 Å². The molecule has 1 aromatic heterocycles. The Morgan fingerprint density at radius 1 is 1.35 bits per heavy atom. The highest BCUT2D eigenvalue weighted by Crippen LogP contribution is 2.39. The van der Waals surface area contributed by atoms with Gasteiger partial charge in [-0.1, -0.05) is 0 Å². The van der Waals surface area contributed by atoms with Crippen molar-refractivity contribution in [2.75, 3.05) is 4.90 Å². The van der Waals surface area contributed by atoms with Crippen molar-refractivity contribution in [3.63, 3.8) is 0 Å². The van der Waals surface area contributed by atoms with Crippen LogP contribution in [0.3, 0.4) is 0 Å². The molecule has 0 aromatic carbocycles. The molecule has 3 rings (SSSR count). The number of piperidine rings is 1. The van der Waals surface area contributed by atoms with Gasteiger partial charge in [0.2, 0.25) is 0 Å². The van der Waals surface area contributed by atoms with Crippen LogP contribution in [0.2, 0.25) is 0 Å². The second-order valence-electron chi connectivity index (χ2n) is 4.90. The summed E-state index contributed by atoms with van der Waals surface area (Å²) >= 11 is 0. The minimum absolute atomic E-state index is 0.182. The summed E-state index contributed by atoms with van der Waals surface area (Å²) in [6.45, 7) is 0. The van der Waals surface area contributed by atoms with Crippen LogP contribution in [0.5, 0.6) is 0 Å². The van der Waals surface area contributed by atoms with Gasteiger partial charge in [-0.15, -0.1) is 0 Å². The van der Waals surface area contributed by atoms with Crippen LogP contribution in [0.4, 0.5) is 5.82 Å². The lowest BCUT2D eigenvalue weighted by molar-refractivity contribution is 0.126. The molecular weight excluding hydrogens is 214 g/mol. The molecule has 4 heteroatoms.